The Kier molecular flexibility index (Phi) is 4.73. The summed E-state index contributed by atoms with van der Waals surface area (Å²) in [4.78, 5) is 23.4. The highest BCUT2D eigenvalue weighted by Crippen LogP contribution is 2.40. The number of ether oxygens (including phenoxy) is 2. The molecule has 2 N–H and O–H groups in total. The molecule has 6 nitrogen and oxygen atoms in total. The number of hydrogen-bond acceptors (Lipinski definition) is 6. The molecule has 1 rings (SSSR count). The Bertz CT molecular complexity index is 421. The predicted octanol–water partition coefficient (Wildman–Crippen LogP) is 1.18. The minimum Gasteiger partial charge on any atom is -0.413 e. The minimum absolute atomic E-state index is 0.00194. The molecule has 112 valence electrons. The summed E-state index contributed by atoms with van der Waals surface area (Å²) in [5, 5.41) is 20.2. The van der Waals surface area contributed by atoms with Crippen molar-refractivity contribution >= 4 is 11.9 Å². The van der Waals surface area contributed by atoms with Crippen molar-refractivity contribution < 1.29 is 29.3 Å². The molecule has 20 heavy (non-hydrogen) atoms. The molecule has 0 aromatic heterocycles. The second-order valence-electron chi connectivity index (χ2n) is 5.12. The number of carbonyl (C=O) groups excluding carboxylic acids is 2. The van der Waals surface area contributed by atoms with Gasteiger partial charge >= 0.3 is 17.7 Å². The molecule has 1 saturated carbocycles. The maximum Gasteiger partial charge on any atom is 0.336 e. The summed E-state index contributed by atoms with van der Waals surface area (Å²) in [7, 11) is 0. The molecular formula is C14H20O6. The molecule has 1 fully saturated rings. The zero-order valence-electron chi connectivity index (χ0n) is 11.8. The van der Waals surface area contributed by atoms with Crippen LogP contribution in [0.4, 0.5) is 0 Å². The molecule has 0 aliphatic heterocycles. The Labute approximate surface area is 117 Å². The quantitative estimate of drug-likeness (QED) is 0.457. The van der Waals surface area contributed by atoms with E-state index >= 15 is 0 Å². The van der Waals surface area contributed by atoms with Gasteiger partial charge in [-0.15, -0.1) is 0 Å². The monoisotopic (exact) mass is 284 g/mol. The molecule has 0 saturated heterocycles. The Morgan fingerprint density at radius 3 is 1.70 bits per heavy atom. The average Bonchev–Trinajstić information content (AvgIpc) is 2.32. The fourth-order valence-electron chi connectivity index (χ4n) is 1.88. The van der Waals surface area contributed by atoms with E-state index in [0.29, 0.717) is 12.8 Å². The fourth-order valence-corrected chi connectivity index (χ4v) is 1.88. The van der Waals surface area contributed by atoms with Gasteiger partial charge in [-0.05, 0) is 26.7 Å². The van der Waals surface area contributed by atoms with Crippen LogP contribution in [0.2, 0.25) is 0 Å². The van der Waals surface area contributed by atoms with Crippen molar-refractivity contribution in [2.45, 2.75) is 51.1 Å². The van der Waals surface area contributed by atoms with Crippen molar-refractivity contribution in [3.05, 3.63) is 24.3 Å². The third-order valence-corrected chi connectivity index (χ3v) is 3.10. The molecule has 0 amide bonds. The summed E-state index contributed by atoms with van der Waals surface area (Å²) in [6, 6.07) is 0. The first-order valence-electron chi connectivity index (χ1n) is 6.34. The highest BCUT2D eigenvalue weighted by atomic mass is 16.8. The summed E-state index contributed by atoms with van der Waals surface area (Å²) in [6.45, 7) is 9.66. The summed E-state index contributed by atoms with van der Waals surface area (Å²) in [5.74, 6) is -6.28. The summed E-state index contributed by atoms with van der Waals surface area (Å²) >= 11 is 0. The van der Waals surface area contributed by atoms with Crippen LogP contribution in [0.3, 0.4) is 0 Å². The standard InChI is InChI=1S/C14H20O6/c1-9(2)11(15)19-14(20-12(16)10(3)4)8-6-5-7-13(14,17)18/h17-18H,1,3,5-8H2,2,4H3. The van der Waals surface area contributed by atoms with Gasteiger partial charge < -0.3 is 19.7 Å². The Balaban J connectivity index is 3.11. The number of hydrogen-bond donors (Lipinski definition) is 2. The van der Waals surface area contributed by atoms with E-state index in [9.17, 15) is 19.8 Å². The summed E-state index contributed by atoms with van der Waals surface area (Å²) < 4.78 is 10.1. The molecule has 6 heteroatoms. The first-order valence-corrected chi connectivity index (χ1v) is 6.34. The topological polar surface area (TPSA) is 93.1 Å². The van der Waals surface area contributed by atoms with Crippen molar-refractivity contribution in [3.63, 3.8) is 0 Å². The van der Waals surface area contributed by atoms with E-state index in [2.05, 4.69) is 13.2 Å². The second-order valence-corrected chi connectivity index (χ2v) is 5.12. The van der Waals surface area contributed by atoms with Crippen molar-refractivity contribution in [3.8, 4) is 0 Å². The first kappa shape index (κ1) is 16.4. The first-order chi connectivity index (χ1) is 9.11. The molecule has 0 unspecified atom stereocenters. The van der Waals surface area contributed by atoms with E-state index < -0.39 is 23.5 Å². The van der Waals surface area contributed by atoms with Crippen molar-refractivity contribution in [2.75, 3.05) is 0 Å². The van der Waals surface area contributed by atoms with Gasteiger partial charge in [-0.1, -0.05) is 13.2 Å². The Morgan fingerprint density at radius 1 is 0.950 bits per heavy atom. The van der Waals surface area contributed by atoms with Gasteiger partial charge in [-0.2, -0.15) is 0 Å². The highest BCUT2D eigenvalue weighted by molar-refractivity contribution is 5.89. The third-order valence-electron chi connectivity index (χ3n) is 3.10. The molecule has 0 aromatic carbocycles. The zero-order valence-corrected chi connectivity index (χ0v) is 11.8. The van der Waals surface area contributed by atoms with E-state index in [1.54, 1.807) is 0 Å². The lowest BCUT2D eigenvalue weighted by Crippen LogP contribution is -2.61. The van der Waals surface area contributed by atoms with Crippen LogP contribution >= 0.6 is 0 Å². The largest absolute Gasteiger partial charge is 0.413 e. The van der Waals surface area contributed by atoms with Gasteiger partial charge in [-0.25, -0.2) is 9.59 Å². The van der Waals surface area contributed by atoms with Gasteiger partial charge in [0.25, 0.3) is 0 Å². The van der Waals surface area contributed by atoms with E-state index in [1.165, 1.54) is 13.8 Å². The summed E-state index contributed by atoms with van der Waals surface area (Å²) in [6.07, 6.45) is 0.970. The molecule has 0 radical (unpaired) electrons. The summed E-state index contributed by atoms with van der Waals surface area (Å²) in [5.41, 5.74) is 0.134. The van der Waals surface area contributed by atoms with Gasteiger partial charge in [0, 0.05) is 24.0 Å². The Morgan fingerprint density at radius 2 is 1.35 bits per heavy atom. The zero-order chi connectivity index (χ0) is 15.6. The van der Waals surface area contributed by atoms with Gasteiger partial charge in [0.2, 0.25) is 5.79 Å². The number of carbonyl (C=O) groups is 2. The van der Waals surface area contributed by atoms with E-state index in [0.717, 1.165) is 0 Å². The average molecular weight is 284 g/mol. The third kappa shape index (κ3) is 3.26. The van der Waals surface area contributed by atoms with Crippen LogP contribution in [0.25, 0.3) is 0 Å². The van der Waals surface area contributed by atoms with Crippen molar-refractivity contribution in [1.82, 2.24) is 0 Å². The number of rotatable bonds is 4. The maximum absolute atomic E-state index is 11.7. The number of esters is 2. The lowest BCUT2D eigenvalue weighted by Gasteiger charge is -2.44. The van der Waals surface area contributed by atoms with Crippen LogP contribution in [0.1, 0.15) is 39.5 Å². The fraction of sp³-hybridized carbons (Fsp3) is 0.571. The molecule has 0 bridgehead atoms. The minimum atomic E-state index is -2.44. The van der Waals surface area contributed by atoms with Crippen LogP contribution in [0.5, 0.6) is 0 Å². The highest BCUT2D eigenvalue weighted by Gasteiger charge is 2.58. The molecule has 0 atom stereocenters. The lowest BCUT2D eigenvalue weighted by atomic mass is 9.87. The van der Waals surface area contributed by atoms with Crippen LogP contribution in [0.15, 0.2) is 24.3 Å². The molecule has 0 spiro atoms. The van der Waals surface area contributed by atoms with E-state index in [-0.39, 0.29) is 24.0 Å². The lowest BCUT2D eigenvalue weighted by molar-refractivity contribution is -0.371. The second kappa shape index (κ2) is 5.76. The van der Waals surface area contributed by atoms with Gasteiger partial charge in [-0.3, -0.25) is 0 Å². The van der Waals surface area contributed by atoms with Crippen LogP contribution < -0.4 is 0 Å². The van der Waals surface area contributed by atoms with E-state index in [4.69, 9.17) is 9.47 Å². The van der Waals surface area contributed by atoms with Gasteiger partial charge in [0.1, 0.15) is 0 Å². The molecule has 1 aliphatic rings. The molecular weight excluding hydrogens is 264 g/mol. The van der Waals surface area contributed by atoms with Crippen LogP contribution in [-0.4, -0.2) is 33.7 Å². The SMILES string of the molecule is C=C(C)C(=O)OC1(OC(=O)C(=C)C)CCCCC1(O)O. The molecule has 1 aliphatic carbocycles. The smallest absolute Gasteiger partial charge is 0.336 e. The maximum atomic E-state index is 11.7. The van der Waals surface area contributed by atoms with Crippen LogP contribution in [0, 0.1) is 0 Å². The molecule has 0 heterocycles. The van der Waals surface area contributed by atoms with E-state index in [1.807, 2.05) is 0 Å². The van der Waals surface area contributed by atoms with Crippen LogP contribution in [-0.2, 0) is 19.1 Å². The number of aliphatic hydroxyl groups is 2. The normalized spacial score (nSPS) is 19.8. The Hall–Kier alpha value is -1.66. The molecule has 0 aromatic rings. The predicted molar refractivity (Wildman–Crippen MR) is 70.2 cm³/mol. The van der Waals surface area contributed by atoms with Gasteiger partial charge in [0.15, 0.2) is 0 Å². The van der Waals surface area contributed by atoms with Gasteiger partial charge in [0.05, 0.1) is 0 Å². The van der Waals surface area contributed by atoms with Crippen molar-refractivity contribution in [2.24, 2.45) is 0 Å². The van der Waals surface area contributed by atoms with Crippen molar-refractivity contribution in [1.29, 1.82) is 0 Å².